The second kappa shape index (κ2) is 7.64. The molecule has 1 N–H and O–H groups in total. The van der Waals surface area contributed by atoms with E-state index in [0.29, 0.717) is 17.5 Å². The fourth-order valence-corrected chi connectivity index (χ4v) is 3.78. The highest BCUT2D eigenvalue weighted by Gasteiger charge is 2.16. The predicted octanol–water partition coefficient (Wildman–Crippen LogP) is 4.95. The summed E-state index contributed by atoms with van der Waals surface area (Å²) in [7, 11) is 0. The monoisotopic (exact) mass is 388 g/mol. The lowest BCUT2D eigenvalue weighted by Crippen LogP contribution is -2.29. The van der Waals surface area contributed by atoms with E-state index in [-0.39, 0.29) is 5.82 Å². The minimum absolute atomic E-state index is 0.286. The Bertz CT molecular complexity index is 1130. The number of benzene rings is 2. The number of aromatic nitrogens is 3. The number of fused-ring (bicyclic) bond motifs is 1. The number of hydrogen-bond acceptors (Lipinski definition) is 4. The molecular formula is C23H21FN4O. The zero-order valence-corrected chi connectivity index (χ0v) is 15.9. The molecule has 2 aromatic heterocycles. The summed E-state index contributed by atoms with van der Waals surface area (Å²) in [6.07, 6.45) is 7.97. The van der Waals surface area contributed by atoms with Crippen LogP contribution < -0.4 is 10.1 Å². The van der Waals surface area contributed by atoms with Gasteiger partial charge in [-0.15, -0.1) is 0 Å². The topological polar surface area (TPSA) is 52.0 Å². The summed E-state index contributed by atoms with van der Waals surface area (Å²) >= 11 is 0. The van der Waals surface area contributed by atoms with Crippen molar-refractivity contribution in [3.63, 3.8) is 0 Å². The summed E-state index contributed by atoms with van der Waals surface area (Å²) in [6, 6.07) is 14.4. The van der Waals surface area contributed by atoms with Gasteiger partial charge in [0.1, 0.15) is 17.3 Å². The highest BCUT2D eigenvalue weighted by atomic mass is 19.1. The molecule has 0 unspecified atom stereocenters. The predicted molar refractivity (Wildman–Crippen MR) is 111 cm³/mol. The molecule has 0 spiro atoms. The standard InChI is InChI=1S/C23H21FN4O/c24-18-2-4-20(5-3-18)29-23-9-12-26-22-13-16(1-6-21(22)23)17-14-27-28(15-17)19-7-10-25-11-8-19/h1-6,9,12-15,19,25H,7-8,10-11H2. The van der Waals surface area contributed by atoms with Gasteiger partial charge in [-0.2, -0.15) is 5.10 Å². The van der Waals surface area contributed by atoms with E-state index >= 15 is 0 Å². The van der Waals surface area contributed by atoms with E-state index < -0.39 is 0 Å². The number of halogens is 1. The number of rotatable bonds is 4. The lowest BCUT2D eigenvalue weighted by molar-refractivity contribution is 0.343. The third-order valence-corrected chi connectivity index (χ3v) is 5.36. The van der Waals surface area contributed by atoms with Gasteiger partial charge < -0.3 is 10.1 Å². The van der Waals surface area contributed by atoms with Gasteiger partial charge in [0.2, 0.25) is 0 Å². The molecule has 0 saturated carbocycles. The molecule has 0 amide bonds. The second-order valence-electron chi connectivity index (χ2n) is 7.29. The Labute approximate surface area is 168 Å². The van der Waals surface area contributed by atoms with Crippen molar-refractivity contribution in [2.75, 3.05) is 13.1 Å². The first kappa shape index (κ1) is 17.8. The summed E-state index contributed by atoms with van der Waals surface area (Å²) in [6.45, 7) is 2.08. The van der Waals surface area contributed by atoms with Crippen LogP contribution in [0.4, 0.5) is 4.39 Å². The summed E-state index contributed by atoms with van der Waals surface area (Å²) in [5.74, 6) is 0.997. The zero-order valence-electron chi connectivity index (χ0n) is 15.9. The van der Waals surface area contributed by atoms with Gasteiger partial charge in [0, 0.05) is 23.3 Å². The van der Waals surface area contributed by atoms with Crippen molar-refractivity contribution in [3.05, 3.63) is 72.9 Å². The Hall–Kier alpha value is -3.25. The van der Waals surface area contributed by atoms with Crippen LogP contribution in [0.5, 0.6) is 11.5 Å². The molecule has 1 fully saturated rings. The third kappa shape index (κ3) is 3.71. The summed E-state index contributed by atoms with van der Waals surface area (Å²) in [5.41, 5.74) is 3.00. The fraction of sp³-hybridized carbons (Fsp3) is 0.217. The van der Waals surface area contributed by atoms with Crippen molar-refractivity contribution in [3.8, 4) is 22.6 Å². The van der Waals surface area contributed by atoms with Crippen LogP contribution in [0.25, 0.3) is 22.0 Å². The molecule has 1 aliphatic heterocycles. The molecule has 0 aliphatic carbocycles. The van der Waals surface area contributed by atoms with Crippen molar-refractivity contribution in [2.45, 2.75) is 18.9 Å². The first-order chi connectivity index (χ1) is 14.3. The summed E-state index contributed by atoms with van der Waals surface area (Å²) in [5, 5.41) is 8.89. The van der Waals surface area contributed by atoms with Gasteiger partial charge in [0.05, 0.1) is 17.8 Å². The van der Waals surface area contributed by atoms with Crippen LogP contribution in [0.1, 0.15) is 18.9 Å². The summed E-state index contributed by atoms with van der Waals surface area (Å²) < 4.78 is 21.2. The van der Waals surface area contributed by atoms with Gasteiger partial charge in [0.25, 0.3) is 0 Å². The lowest BCUT2D eigenvalue weighted by Gasteiger charge is -2.22. The lowest BCUT2D eigenvalue weighted by atomic mass is 10.1. The number of piperidine rings is 1. The molecule has 3 heterocycles. The minimum atomic E-state index is -0.286. The van der Waals surface area contributed by atoms with E-state index in [0.717, 1.165) is 48.0 Å². The molecule has 5 nitrogen and oxygen atoms in total. The maximum atomic E-state index is 13.1. The van der Waals surface area contributed by atoms with E-state index in [1.165, 1.54) is 12.1 Å². The van der Waals surface area contributed by atoms with Crippen LogP contribution in [-0.4, -0.2) is 27.9 Å². The van der Waals surface area contributed by atoms with E-state index in [1.807, 2.05) is 18.3 Å². The average Bonchev–Trinajstić information content (AvgIpc) is 3.26. The van der Waals surface area contributed by atoms with Crippen LogP contribution >= 0.6 is 0 Å². The van der Waals surface area contributed by atoms with E-state index in [2.05, 4.69) is 38.4 Å². The average molecular weight is 388 g/mol. The Balaban J connectivity index is 1.43. The molecule has 146 valence electrons. The van der Waals surface area contributed by atoms with Crippen LogP contribution in [0, 0.1) is 5.82 Å². The maximum Gasteiger partial charge on any atom is 0.138 e. The first-order valence-corrected chi connectivity index (χ1v) is 9.84. The molecule has 6 heteroatoms. The third-order valence-electron chi connectivity index (χ3n) is 5.36. The smallest absolute Gasteiger partial charge is 0.138 e. The number of pyridine rings is 1. The van der Waals surface area contributed by atoms with E-state index in [1.54, 1.807) is 18.3 Å². The first-order valence-electron chi connectivity index (χ1n) is 9.84. The fourth-order valence-electron chi connectivity index (χ4n) is 3.78. The Morgan fingerprint density at radius 3 is 2.66 bits per heavy atom. The van der Waals surface area contributed by atoms with Crippen LogP contribution in [0.2, 0.25) is 0 Å². The van der Waals surface area contributed by atoms with E-state index in [4.69, 9.17) is 4.74 Å². The summed E-state index contributed by atoms with van der Waals surface area (Å²) in [4.78, 5) is 4.50. The van der Waals surface area contributed by atoms with Crippen molar-refractivity contribution in [1.29, 1.82) is 0 Å². The van der Waals surface area contributed by atoms with Gasteiger partial charge in [-0.25, -0.2) is 4.39 Å². The van der Waals surface area contributed by atoms with Crippen LogP contribution in [-0.2, 0) is 0 Å². The van der Waals surface area contributed by atoms with Gasteiger partial charge in [0.15, 0.2) is 0 Å². The molecule has 5 rings (SSSR count). The zero-order chi connectivity index (χ0) is 19.6. The number of nitrogens with one attached hydrogen (secondary N) is 1. The molecule has 0 bridgehead atoms. The van der Waals surface area contributed by atoms with Crippen LogP contribution in [0.15, 0.2) is 67.1 Å². The van der Waals surface area contributed by atoms with Crippen molar-refractivity contribution >= 4 is 10.9 Å². The highest BCUT2D eigenvalue weighted by Crippen LogP contribution is 2.32. The number of hydrogen-bond donors (Lipinski definition) is 1. The number of nitrogens with zero attached hydrogens (tertiary/aromatic N) is 3. The molecule has 0 atom stereocenters. The van der Waals surface area contributed by atoms with Gasteiger partial charge in [-0.3, -0.25) is 9.67 Å². The second-order valence-corrected chi connectivity index (χ2v) is 7.29. The molecule has 0 radical (unpaired) electrons. The molecule has 4 aromatic rings. The quantitative estimate of drug-likeness (QED) is 0.537. The maximum absolute atomic E-state index is 13.1. The van der Waals surface area contributed by atoms with Crippen molar-refractivity contribution in [2.24, 2.45) is 0 Å². The van der Waals surface area contributed by atoms with Gasteiger partial charge in [-0.1, -0.05) is 6.07 Å². The Morgan fingerprint density at radius 1 is 1.00 bits per heavy atom. The largest absolute Gasteiger partial charge is 0.457 e. The Kier molecular flexibility index (Phi) is 4.69. The van der Waals surface area contributed by atoms with Crippen molar-refractivity contribution < 1.29 is 9.13 Å². The Morgan fingerprint density at radius 2 is 1.83 bits per heavy atom. The van der Waals surface area contributed by atoms with Crippen LogP contribution in [0.3, 0.4) is 0 Å². The van der Waals surface area contributed by atoms with Gasteiger partial charge in [-0.05, 0) is 74.0 Å². The molecular weight excluding hydrogens is 367 g/mol. The SMILES string of the molecule is Fc1ccc(Oc2ccnc3cc(-c4cnn(C5CCNCC5)c4)ccc23)cc1. The minimum Gasteiger partial charge on any atom is -0.457 e. The van der Waals surface area contributed by atoms with Crippen molar-refractivity contribution in [1.82, 2.24) is 20.1 Å². The normalized spacial score (nSPS) is 14.9. The molecule has 1 saturated heterocycles. The molecule has 1 aliphatic rings. The highest BCUT2D eigenvalue weighted by molar-refractivity contribution is 5.88. The molecule has 2 aromatic carbocycles. The molecule has 29 heavy (non-hydrogen) atoms. The van der Waals surface area contributed by atoms with Gasteiger partial charge >= 0.3 is 0 Å². The van der Waals surface area contributed by atoms with E-state index in [9.17, 15) is 4.39 Å². The number of ether oxygens (including phenoxy) is 1.